The van der Waals surface area contributed by atoms with Gasteiger partial charge in [0.2, 0.25) is 0 Å². The van der Waals surface area contributed by atoms with E-state index in [0.717, 1.165) is 41.9 Å². The molecule has 3 aromatic rings. The Kier molecular flexibility index (Phi) is 6.20. The monoisotopic (exact) mass is 349 g/mol. The van der Waals surface area contributed by atoms with Crippen molar-refractivity contribution < 1.29 is 14.1 Å². The van der Waals surface area contributed by atoms with E-state index < -0.39 is 0 Å². The molecule has 0 aliphatic carbocycles. The maximum atomic E-state index is 10.7. The van der Waals surface area contributed by atoms with Gasteiger partial charge in [0.15, 0.2) is 5.76 Å². The van der Waals surface area contributed by atoms with Gasteiger partial charge in [0.1, 0.15) is 12.0 Å². The lowest BCUT2D eigenvalue weighted by Crippen LogP contribution is -1.97. The molecule has 0 saturated heterocycles. The van der Waals surface area contributed by atoms with Crippen LogP contribution in [0.3, 0.4) is 0 Å². The standard InChI is InChI=1S/C22H23NO3/c1-2-3-4-13-25-21-11-7-17(8-12-21)14-20-15-22(26-23-20)19-9-5-18(16-24)6-10-19/h5-12,15-16H,2-4,13-14H2,1H3. The molecule has 3 rings (SSSR count). The maximum absolute atomic E-state index is 10.7. The largest absolute Gasteiger partial charge is 0.494 e. The number of ether oxygens (including phenoxy) is 1. The van der Waals surface area contributed by atoms with Crippen molar-refractivity contribution in [3.63, 3.8) is 0 Å². The molecule has 0 N–H and O–H groups in total. The highest BCUT2D eigenvalue weighted by atomic mass is 16.5. The summed E-state index contributed by atoms with van der Waals surface area (Å²) in [4.78, 5) is 10.7. The van der Waals surface area contributed by atoms with E-state index in [4.69, 9.17) is 9.26 Å². The van der Waals surface area contributed by atoms with E-state index in [-0.39, 0.29) is 0 Å². The van der Waals surface area contributed by atoms with E-state index in [1.165, 1.54) is 12.8 Å². The molecule has 0 spiro atoms. The zero-order valence-electron chi connectivity index (χ0n) is 15.0. The zero-order valence-corrected chi connectivity index (χ0v) is 15.0. The Balaban J connectivity index is 1.59. The molecule has 0 unspecified atom stereocenters. The fraction of sp³-hybridized carbons (Fsp3) is 0.273. The fourth-order valence-corrected chi connectivity index (χ4v) is 2.71. The number of unbranched alkanes of at least 4 members (excludes halogenated alkanes) is 2. The Labute approximate surface area is 153 Å². The average Bonchev–Trinajstić information content (AvgIpc) is 3.15. The Morgan fingerprint density at radius 3 is 2.50 bits per heavy atom. The molecule has 26 heavy (non-hydrogen) atoms. The van der Waals surface area contributed by atoms with Gasteiger partial charge in [0.05, 0.1) is 12.3 Å². The third kappa shape index (κ3) is 4.82. The van der Waals surface area contributed by atoms with E-state index in [9.17, 15) is 4.79 Å². The lowest BCUT2D eigenvalue weighted by molar-refractivity contribution is 0.112. The van der Waals surface area contributed by atoms with Crippen LogP contribution < -0.4 is 4.74 Å². The lowest BCUT2D eigenvalue weighted by Gasteiger charge is -2.06. The van der Waals surface area contributed by atoms with Crippen LogP contribution in [0.1, 0.15) is 47.8 Å². The van der Waals surface area contributed by atoms with Crippen LogP contribution in [0.2, 0.25) is 0 Å². The van der Waals surface area contributed by atoms with E-state index in [0.29, 0.717) is 17.7 Å². The van der Waals surface area contributed by atoms with Crippen molar-refractivity contribution >= 4 is 6.29 Å². The van der Waals surface area contributed by atoms with Gasteiger partial charge < -0.3 is 9.26 Å². The summed E-state index contributed by atoms with van der Waals surface area (Å²) in [6, 6.07) is 17.3. The van der Waals surface area contributed by atoms with E-state index in [1.54, 1.807) is 12.1 Å². The fourth-order valence-electron chi connectivity index (χ4n) is 2.71. The summed E-state index contributed by atoms with van der Waals surface area (Å²) in [5, 5.41) is 4.15. The highest BCUT2D eigenvalue weighted by Crippen LogP contribution is 2.22. The number of aldehydes is 1. The average molecular weight is 349 g/mol. The van der Waals surface area contributed by atoms with Crippen molar-refractivity contribution in [2.24, 2.45) is 0 Å². The smallest absolute Gasteiger partial charge is 0.167 e. The van der Waals surface area contributed by atoms with Gasteiger partial charge in [-0.25, -0.2) is 0 Å². The predicted octanol–water partition coefficient (Wildman–Crippen LogP) is 5.31. The number of hydrogen-bond donors (Lipinski definition) is 0. The second-order valence-electron chi connectivity index (χ2n) is 6.30. The number of carbonyl (C=O) groups excluding carboxylic acids is 1. The van der Waals surface area contributed by atoms with Crippen molar-refractivity contribution in [3.05, 3.63) is 71.4 Å². The van der Waals surface area contributed by atoms with Gasteiger partial charge in [0, 0.05) is 23.6 Å². The van der Waals surface area contributed by atoms with Crippen LogP contribution in [-0.4, -0.2) is 18.0 Å². The second-order valence-corrected chi connectivity index (χ2v) is 6.30. The summed E-state index contributed by atoms with van der Waals surface area (Å²) >= 11 is 0. The molecule has 0 amide bonds. The molecule has 4 nitrogen and oxygen atoms in total. The number of carbonyl (C=O) groups is 1. The summed E-state index contributed by atoms with van der Waals surface area (Å²) in [6.45, 7) is 2.95. The normalized spacial score (nSPS) is 10.7. The maximum Gasteiger partial charge on any atom is 0.167 e. The Morgan fingerprint density at radius 1 is 1.04 bits per heavy atom. The van der Waals surface area contributed by atoms with Gasteiger partial charge >= 0.3 is 0 Å². The molecule has 0 atom stereocenters. The first-order valence-corrected chi connectivity index (χ1v) is 9.01. The van der Waals surface area contributed by atoms with Crippen LogP contribution >= 0.6 is 0 Å². The number of nitrogens with zero attached hydrogens (tertiary/aromatic N) is 1. The summed E-state index contributed by atoms with van der Waals surface area (Å²) in [7, 11) is 0. The molecule has 0 aliphatic heterocycles. The number of benzene rings is 2. The Bertz CT molecular complexity index is 819. The Hall–Kier alpha value is -2.88. The molecule has 0 fully saturated rings. The predicted molar refractivity (Wildman–Crippen MR) is 102 cm³/mol. The highest BCUT2D eigenvalue weighted by Gasteiger charge is 2.08. The molecule has 0 aliphatic rings. The lowest BCUT2D eigenvalue weighted by atomic mass is 10.1. The van der Waals surface area contributed by atoms with Gasteiger partial charge in [-0.3, -0.25) is 4.79 Å². The molecular formula is C22H23NO3. The first kappa shape index (κ1) is 17.9. The molecule has 0 saturated carbocycles. The van der Waals surface area contributed by atoms with Crippen LogP contribution in [0.15, 0.2) is 59.1 Å². The quantitative estimate of drug-likeness (QED) is 0.388. The van der Waals surface area contributed by atoms with Crippen LogP contribution in [0.4, 0.5) is 0 Å². The van der Waals surface area contributed by atoms with Crippen molar-refractivity contribution in [3.8, 4) is 17.1 Å². The molecule has 2 aromatic carbocycles. The molecule has 1 heterocycles. The van der Waals surface area contributed by atoms with Crippen LogP contribution in [0.25, 0.3) is 11.3 Å². The van der Waals surface area contributed by atoms with E-state index >= 15 is 0 Å². The summed E-state index contributed by atoms with van der Waals surface area (Å²) in [5.74, 6) is 1.61. The van der Waals surface area contributed by atoms with Gasteiger partial charge in [-0.2, -0.15) is 0 Å². The molecular weight excluding hydrogens is 326 g/mol. The van der Waals surface area contributed by atoms with Gasteiger partial charge in [-0.05, 0) is 24.1 Å². The SMILES string of the molecule is CCCCCOc1ccc(Cc2cc(-c3ccc(C=O)cc3)on2)cc1. The molecule has 1 aromatic heterocycles. The number of hydrogen-bond acceptors (Lipinski definition) is 4. The summed E-state index contributed by atoms with van der Waals surface area (Å²) in [5.41, 5.74) is 3.58. The number of rotatable bonds is 9. The van der Waals surface area contributed by atoms with E-state index in [1.807, 2.05) is 30.3 Å². The molecule has 134 valence electrons. The Morgan fingerprint density at radius 2 is 1.81 bits per heavy atom. The van der Waals surface area contributed by atoms with E-state index in [2.05, 4.69) is 24.2 Å². The van der Waals surface area contributed by atoms with Gasteiger partial charge in [0.25, 0.3) is 0 Å². The van der Waals surface area contributed by atoms with Crippen LogP contribution in [0.5, 0.6) is 5.75 Å². The molecule has 0 radical (unpaired) electrons. The zero-order chi connectivity index (χ0) is 18.2. The van der Waals surface area contributed by atoms with Gasteiger partial charge in [-0.15, -0.1) is 0 Å². The molecule has 0 bridgehead atoms. The third-order valence-corrected chi connectivity index (χ3v) is 4.22. The minimum absolute atomic E-state index is 0.644. The van der Waals surface area contributed by atoms with Crippen LogP contribution in [-0.2, 0) is 6.42 Å². The topological polar surface area (TPSA) is 52.3 Å². The molecule has 4 heteroatoms. The van der Waals surface area contributed by atoms with Crippen LogP contribution in [0, 0.1) is 0 Å². The van der Waals surface area contributed by atoms with Crippen molar-refractivity contribution in [1.29, 1.82) is 0 Å². The summed E-state index contributed by atoms with van der Waals surface area (Å²) < 4.78 is 11.2. The first-order chi connectivity index (χ1) is 12.8. The van der Waals surface area contributed by atoms with Crippen molar-refractivity contribution in [2.75, 3.05) is 6.61 Å². The second kappa shape index (κ2) is 8.99. The third-order valence-electron chi connectivity index (χ3n) is 4.22. The summed E-state index contributed by atoms with van der Waals surface area (Å²) in [6.07, 6.45) is 5.01. The first-order valence-electron chi connectivity index (χ1n) is 9.01. The van der Waals surface area contributed by atoms with Gasteiger partial charge in [-0.1, -0.05) is 61.3 Å². The van der Waals surface area contributed by atoms with Crippen molar-refractivity contribution in [2.45, 2.75) is 32.6 Å². The van der Waals surface area contributed by atoms with Crippen molar-refractivity contribution in [1.82, 2.24) is 5.16 Å². The minimum Gasteiger partial charge on any atom is -0.494 e. The minimum atomic E-state index is 0.644. The highest BCUT2D eigenvalue weighted by molar-refractivity contribution is 5.76. The number of aromatic nitrogens is 1.